The summed E-state index contributed by atoms with van der Waals surface area (Å²) in [4.78, 5) is 10.0. The van der Waals surface area contributed by atoms with Gasteiger partial charge in [-0.05, 0) is 12.8 Å². The van der Waals surface area contributed by atoms with Gasteiger partial charge >= 0.3 is 7.82 Å². The molecule has 1 aliphatic heterocycles. The van der Waals surface area contributed by atoms with Gasteiger partial charge in [0.1, 0.15) is 0 Å². The standard InChI is InChI=1S/C25H52NO4P/c1-4-6-7-8-9-10-11-12-13-14-15-16-17-18-24-29-31(27,28)30-25-19-22-26(3,21-5-2)23-20-25/h25H,4-24H2,1-3H3/p+1. The number of quaternary nitrogens is 1. The van der Waals surface area contributed by atoms with Crippen LogP contribution in [0.3, 0.4) is 0 Å². The molecule has 0 bridgehead atoms. The summed E-state index contributed by atoms with van der Waals surface area (Å²) >= 11 is 0. The zero-order chi connectivity index (χ0) is 22.8. The SMILES string of the molecule is CCCCCCCCCCCCCCCCOP(=O)(O)OC1CC[N+](C)(CCC)CC1. The van der Waals surface area contributed by atoms with Crippen LogP contribution in [0.2, 0.25) is 0 Å². The number of rotatable bonds is 20. The van der Waals surface area contributed by atoms with Crippen LogP contribution in [0.5, 0.6) is 0 Å². The number of unbranched alkanes of at least 4 members (excludes halogenated alkanes) is 13. The largest absolute Gasteiger partial charge is 0.472 e. The van der Waals surface area contributed by atoms with Gasteiger partial charge in [-0.3, -0.25) is 9.05 Å². The van der Waals surface area contributed by atoms with Gasteiger partial charge in [0, 0.05) is 12.8 Å². The van der Waals surface area contributed by atoms with Crippen LogP contribution in [-0.2, 0) is 13.6 Å². The van der Waals surface area contributed by atoms with Crippen molar-refractivity contribution in [3.8, 4) is 0 Å². The van der Waals surface area contributed by atoms with Gasteiger partial charge in [0.25, 0.3) is 0 Å². The average molecular weight is 463 g/mol. The molecule has 186 valence electrons. The van der Waals surface area contributed by atoms with Crippen molar-refractivity contribution < 1.29 is 23.0 Å². The van der Waals surface area contributed by atoms with Crippen molar-refractivity contribution in [3.05, 3.63) is 0 Å². The highest BCUT2D eigenvalue weighted by atomic mass is 31.2. The van der Waals surface area contributed by atoms with Gasteiger partial charge in [-0.25, -0.2) is 4.57 Å². The van der Waals surface area contributed by atoms with E-state index >= 15 is 0 Å². The first-order chi connectivity index (χ1) is 14.9. The molecule has 0 aromatic rings. The van der Waals surface area contributed by atoms with Crippen LogP contribution in [0.4, 0.5) is 0 Å². The van der Waals surface area contributed by atoms with E-state index in [1.54, 1.807) is 0 Å². The molecule has 1 saturated heterocycles. The van der Waals surface area contributed by atoms with E-state index in [0.29, 0.717) is 6.61 Å². The second-order valence-electron chi connectivity index (χ2n) is 9.99. The number of phosphoric ester groups is 1. The number of hydrogen-bond donors (Lipinski definition) is 1. The second-order valence-corrected chi connectivity index (χ2v) is 11.4. The fourth-order valence-corrected chi connectivity index (χ4v) is 5.74. The Morgan fingerprint density at radius 3 is 1.68 bits per heavy atom. The van der Waals surface area contributed by atoms with E-state index in [0.717, 1.165) is 43.3 Å². The van der Waals surface area contributed by atoms with Crippen LogP contribution in [0.1, 0.15) is 123 Å². The lowest BCUT2D eigenvalue weighted by Crippen LogP contribution is -2.51. The molecule has 1 aliphatic rings. The molecule has 0 amide bonds. The van der Waals surface area contributed by atoms with Gasteiger partial charge in [-0.15, -0.1) is 0 Å². The van der Waals surface area contributed by atoms with Crippen LogP contribution in [-0.4, -0.2) is 48.8 Å². The Labute approximate surface area is 193 Å². The summed E-state index contributed by atoms with van der Waals surface area (Å²) in [7, 11) is -1.64. The first-order valence-electron chi connectivity index (χ1n) is 13.4. The minimum absolute atomic E-state index is 0.143. The fourth-order valence-electron chi connectivity index (χ4n) is 4.73. The maximum absolute atomic E-state index is 12.2. The predicted molar refractivity (Wildman–Crippen MR) is 131 cm³/mol. The second kappa shape index (κ2) is 17.5. The van der Waals surface area contributed by atoms with Crippen molar-refractivity contribution in [1.29, 1.82) is 0 Å². The summed E-state index contributed by atoms with van der Waals surface area (Å²) < 4.78 is 23.9. The summed E-state index contributed by atoms with van der Waals surface area (Å²) in [5, 5.41) is 0. The van der Waals surface area contributed by atoms with Crippen LogP contribution in [0.15, 0.2) is 0 Å². The first-order valence-corrected chi connectivity index (χ1v) is 14.9. The minimum Gasteiger partial charge on any atom is -0.326 e. The average Bonchev–Trinajstić information content (AvgIpc) is 2.73. The molecule has 0 aromatic heterocycles. The molecule has 1 heterocycles. The van der Waals surface area contributed by atoms with E-state index < -0.39 is 7.82 Å². The normalized spacial score (nSPS) is 23.7. The maximum Gasteiger partial charge on any atom is 0.472 e. The molecule has 1 fully saturated rings. The van der Waals surface area contributed by atoms with Gasteiger partial charge in [-0.2, -0.15) is 0 Å². The monoisotopic (exact) mass is 462 g/mol. The smallest absolute Gasteiger partial charge is 0.326 e. The third-order valence-corrected chi connectivity index (χ3v) is 7.85. The Bertz CT molecular complexity index is 466. The number of piperidine rings is 1. The minimum atomic E-state index is -3.91. The Hall–Kier alpha value is 0.0700. The molecule has 0 aromatic carbocycles. The van der Waals surface area contributed by atoms with Crippen LogP contribution in [0.25, 0.3) is 0 Å². The van der Waals surface area contributed by atoms with E-state index in [-0.39, 0.29) is 6.10 Å². The molecule has 1 N–H and O–H groups in total. The Morgan fingerprint density at radius 2 is 1.23 bits per heavy atom. The van der Waals surface area contributed by atoms with E-state index in [1.807, 2.05) is 0 Å². The third kappa shape index (κ3) is 15.5. The highest BCUT2D eigenvalue weighted by Gasteiger charge is 2.34. The molecule has 1 rings (SSSR count). The number of nitrogens with zero attached hydrogens (tertiary/aromatic N) is 1. The highest BCUT2D eigenvalue weighted by Crippen LogP contribution is 2.46. The lowest BCUT2D eigenvalue weighted by atomic mass is 10.0. The molecule has 6 heteroatoms. The molecule has 0 saturated carbocycles. The lowest BCUT2D eigenvalue weighted by Gasteiger charge is -2.40. The number of hydrogen-bond acceptors (Lipinski definition) is 3. The number of phosphoric acid groups is 1. The summed E-state index contributed by atoms with van der Waals surface area (Å²) in [6.45, 7) is 7.99. The van der Waals surface area contributed by atoms with Gasteiger partial charge in [0.15, 0.2) is 0 Å². The molecule has 5 nitrogen and oxygen atoms in total. The van der Waals surface area contributed by atoms with E-state index in [1.165, 1.54) is 90.0 Å². The summed E-state index contributed by atoms with van der Waals surface area (Å²) in [5.74, 6) is 0. The first kappa shape index (κ1) is 29.1. The van der Waals surface area contributed by atoms with Crippen molar-refractivity contribution in [1.82, 2.24) is 0 Å². The number of likely N-dealkylation sites (tertiary alicyclic amines) is 1. The summed E-state index contributed by atoms with van der Waals surface area (Å²) in [6, 6.07) is 0. The zero-order valence-corrected chi connectivity index (χ0v) is 21.9. The Kier molecular flexibility index (Phi) is 16.5. The molecule has 1 unspecified atom stereocenters. The van der Waals surface area contributed by atoms with Gasteiger partial charge in [0.05, 0.1) is 39.4 Å². The predicted octanol–water partition coefficient (Wildman–Crippen LogP) is 7.62. The molecular formula is C25H53NO4P+. The highest BCUT2D eigenvalue weighted by molar-refractivity contribution is 7.47. The summed E-state index contributed by atoms with van der Waals surface area (Å²) in [5.41, 5.74) is 0. The van der Waals surface area contributed by atoms with E-state index in [2.05, 4.69) is 20.9 Å². The van der Waals surface area contributed by atoms with Crippen molar-refractivity contribution in [2.24, 2.45) is 0 Å². The van der Waals surface area contributed by atoms with E-state index in [4.69, 9.17) is 9.05 Å². The molecule has 1 atom stereocenters. The quantitative estimate of drug-likeness (QED) is 0.115. The van der Waals surface area contributed by atoms with Crippen molar-refractivity contribution in [3.63, 3.8) is 0 Å². The van der Waals surface area contributed by atoms with E-state index in [9.17, 15) is 9.46 Å². The van der Waals surface area contributed by atoms with Crippen molar-refractivity contribution in [2.45, 2.75) is 129 Å². The fraction of sp³-hybridized carbons (Fsp3) is 1.00. The van der Waals surface area contributed by atoms with Crippen molar-refractivity contribution in [2.75, 3.05) is 33.3 Å². The molecule has 0 radical (unpaired) electrons. The molecular weight excluding hydrogens is 409 g/mol. The zero-order valence-electron chi connectivity index (χ0n) is 21.0. The van der Waals surface area contributed by atoms with Crippen molar-refractivity contribution >= 4 is 7.82 Å². The molecule has 0 spiro atoms. The van der Waals surface area contributed by atoms with Crippen LogP contribution < -0.4 is 0 Å². The maximum atomic E-state index is 12.2. The Balaban J connectivity index is 1.92. The molecule has 0 aliphatic carbocycles. The molecule has 31 heavy (non-hydrogen) atoms. The van der Waals surface area contributed by atoms with Gasteiger partial charge in [0.2, 0.25) is 0 Å². The van der Waals surface area contributed by atoms with Crippen LogP contribution >= 0.6 is 7.82 Å². The third-order valence-electron chi connectivity index (χ3n) is 6.78. The summed E-state index contributed by atoms with van der Waals surface area (Å²) in [6.07, 6.45) is 20.9. The topological polar surface area (TPSA) is 55.8 Å². The van der Waals surface area contributed by atoms with Gasteiger partial charge in [-0.1, -0.05) is 97.3 Å². The lowest BCUT2D eigenvalue weighted by molar-refractivity contribution is -0.915. The van der Waals surface area contributed by atoms with Crippen LogP contribution in [0, 0.1) is 0 Å². The Morgan fingerprint density at radius 1 is 0.774 bits per heavy atom. The van der Waals surface area contributed by atoms with Gasteiger partial charge < -0.3 is 9.38 Å².